The normalized spacial score (nSPS) is 21.2. The first-order valence-electron chi connectivity index (χ1n) is 6.26. The number of hydrogen-bond acceptors (Lipinski definition) is 4. The van der Waals surface area contributed by atoms with E-state index in [4.69, 9.17) is 5.11 Å². The van der Waals surface area contributed by atoms with E-state index in [1.165, 1.54) is 0 Å². The molecule has 1 fully saturated rings. The number of sulfone groups is 1. The summed E-state index contributed by atoms with van der Waals surface area (Å²) in [4.78, 5) is 12.7. The summed E-state index contributed by atoms with van der Waals surface area (Å²) in [5.41, 5.74) is 0.971. The van der Waals surface area contributed by atoms with Gasteiger partial charge in [-0.15, -0.1) is 0 Å². The summed E-state index contributed by atoms with van der Waals surface area (Å²) in [6.45, 7) is 0.302. The molecule has 5 nitrogen and oxygen atoms in total. The van der Waals surface area contributed by atoms with Crippen LogP contribution < -0.4 is 0 Å². The maximum atomic E-state index is 11.5. The molecule has 1 heterocycles. The first-order valence-corrected chi connectivity index (χ1v) is 8.88. The fourth-order valence-electron chi connectivity index (χ4n) is 2.38. The molecule has 0 aromatic heterocycles. The summed E-state index contributed by atoms with van der Waals surface area (Å²) in [5, 5.41) is 9.00. The molecule has 0 amide bonds. The average Bonchev–Trinajstić information content (AvgIpc) is 2.71. The highest BCUT2D eigenvalue weighted by Gasteiger charge is 2.33. The number of halogens is 1. The van der Waals surface area contributed by atoms with Gasteiger partial charge in [0.15, 0.2) is 9.84 Å². The van der Waals surface area contributed by atoms with E-state index in [0.717, 1.165) is 10.0 Å². The van der Waals surface area contributed by atoms with Gasteiger partial charge in [0.1, 0.15) is 0 Å². The van der Waals surface area contributed by atoms with Crippen LogP contribution in [-0.2, 0) is 21.2 Å². The van der Waals surface area contributed by atoms with Crippen LogP contribution in [0.25, 0.3) is 0 Å². The second-order valence-electron chi connectivity index (χ2n) is 4.98. The summed E-state index contributed by atoms with van der Waals surface area (Å²) in [6.07, 6.45) is 0.506. The highest BCUT2D eigenvalue weighted by Crippen LogP contribution is 2.20. The zero-order valence-corrected chi connectivity index (χ0v) is 13.2. The lowest BCUT2D eigenvalue weighted by atomic mass is 10.1. The molecule has 7 heteroatoms. The minimum absolute atomic E-state index is 0.0524. The Balaban J connectivity index is 2.11. The monoisotopic (exact) mass is 361 g/mol. The Morgan fingerprint density at radius 1 is 1.35 bits per heavy atom. The first kappa shape index (κ1) is 15.5. The molecule has 0 bridgehead atoms. The molecular weight excluding hydrogens is 346 g/mol. The average molecular weight is 362 g/mol. The zero-order valence-electron chi connectivity index (χ0n) is 10.8. The molecule has 0 saturated carbocycles. The zero-order chi connectivity index (χ0) is 14.8. The van der Waals surface area contributed by atoms with Crippen molar-refractivity contribution in [2.24, 2.45) is 0 Å². The Kier molecular flexibility index (Phi) is 4.82. The van der Waals surface area contributed by atoms with Gasteiger partial charge in [0.2, 0.25) is 0 Å². The lowest BCUT2D eigenvalue weighted by Gasteiger charge is -2.26. The molecule has 110 valence electrons. The van der Waals surface area contributed by atoms with Gasteiger partial charge in [0.05, 0.1) is 18.1 Å². The molecule has 1 unspecified atom stereocenters. The Bertz CT molecular complexity index is 585. The molecule has 20 heavy (non-hydrogen) atoms. The lowest BCUT2D eigenvalue weighted by Crippen LogP contribution is -2.39. The van der Waals surface area contributed by atoms with Crippen LogP contribution in [0.4, 0.5) is 0 Å². The molecule has 0 radical (unpaired) electrons. The van der Waals surface area contributed by atoms with Gasteiger partial charge in [-0.25, -0.2) is 8.42 Å². The van der Waals surface area contributed by atoms with Crippen molar-refractivity contribution >= 4 is 31.7 Å². The molecule has 1 N–H and O–H groups in total. The van der Waals surface area contributed by atoms with Gasteiger partial charge in [-0.2, -0.15) is 0 Å². The number of rotatable bonds is 5. The van der Waals surface area contributed by atoms with E-state index in [2.05, 4.69) is 15.9 Å². The summed E-state index contributed by atoms with van der Waals surface area (Å²) >= 11 is 3.35. The van der Waals surface area contributed by atoms with E-state index in [1.54, 1.807) is 4.90 Å². The third kappa shape index (κ3) is 4.29. The number of benzene rings is 1. The highest BCUT2D eigenvalue weighted by molar-refractivity contribution is 9.10. The largest absolute Gasteiger partial charge is 0.480 e. The number of carboxylic acid groups (broad SMARTS) is 1. The van der Waals surface area contributed by atoms with E-state index < -0.39 is 15.8 Å². The third-order valence-electron chi connectivity index (χ3n) is 3.36. The number of carbonyl (C=O) groups is 1. The Morgan fingerprint density at radius 2 is 2.00 bits per heavy atom. The van der Waals surface area contributed by atoms with Crippen LogP contribution in [0, 0.1) is 0 Å². The van der Waals surface area contributed by atoms with Crippen molar-refractivity contribution in [2.75, 3.05) is 18.1 Å². The van der Waals surface area contributed by atoms with Crippen molar-refractivity contribution in [3.63, 3.8) is 0 Å². The Morgan fingerprint density at radius 3 is 2.50 bits per heavy atom. The molecule has 1 aromatic carbocycles. The van der Waals surface area contributed by atoms with Crippen LogP contribution in [0.3, 0.4) is 0 Å². The molecular formula is C13H16BrNO4S. The van der Waals surface area contributed by atoms with Gasteiger partial charge in [0, 0.05) is 17.1 Å². The van der Waals surface area contributed by atoms with E-state index >= 15 is 0 Å². The standard InChI is InChI=1S/C13H16BrNO4S/c14-11-3-1-10(2-4-11)7-15(8-13(16)17)12-5-6-20(18,19)9-12/h1-4,12H,5-9H2,(H,16,17). The number of aliphatic carboxylic acids is 1. The van der Waals surface area contributed by atoms with E-state index in [0.29, 0.717) is 13.0 Å². The second-order valence-corrected chi connectivity index (χ2v) is 8.13. The summed E-state index contributed by atoms with van der Waals surface area (Å²) in [6, 6.07) is 7.38. The predicted octanol–water partition coefficient (Wildman–Crippen LogP) is 1.52. The minimum atomic E-state index is -3.02. The van der Waals surface area contributed by atoms with Gasteiger partial charge >= 0.3 is 5.97 Å². The molecule has 1 aliphatic heterocycles. The van der Waals surface area contributed by atoms with Gasteiger partial charge in [-0.05, 0) is 24.1 Å². The van der Waals surface area contributed by atoms with Gasteiger partial charge in [0.25, 0.3) is 0 Å². The van der Waals surface area contributed by atoms with Crippen LogP contribution in [0.15, 0.2) is 28.7 Å². The number of nitrogens with zero attached hydrogens (tertiary/aromatic N) is 1. The molecule has 1 atom stereocenters. The Hall–Kier alpha value is -0.920. The molecule has 1 aliphatic rings. The summed E-state index contributed by atoms with van der Waals surface area (Å²) < 4.78 is 24.0. The molecule has 0 aliphatic carbocycles. The van der Waals surface area contributed by atoms with Crippen molar-refractivity contribution in [3.05, 3.63) is 34.3 Å². The van der Waals surface area contributed by atoms with Crippen LogP contribution >= 0.6 is 15.9 Å². The van der Waals surface area contributed by atoms with Gasteiger partial charge in [-0.1, -0.05) is 28.1 Å². The lowest BCUT2D eigenvalue weighted by molar-refractivity contribution is -0.139. The maximum absolute atomic E-state index is 11.5. The molecule has 1 saturated heterocycles. The van der Waals surface area contributed by atoms with E-state index in [-0.39, 0.29) is 24.1 Å². The third-order valence-corrected chi connectivity index (χ3v) is 5.64. The number of hydrogen-bond donors (Lipinski definition) is 1. The van der Waals surface area contributed by atoms with Crippen molar-refractivity contribution in [1.82, 2.24) is 4.90 Å². The van der Waals surface area contributed by atoms with Crippen molar-refractivity contribution in [1.29, 1.82) is 0 Å². The maximum Gasteiger partial charge on any atom is 0.317 e. The highest BCUT2D eigenvalue weighted by atomic mass is 79.9. The quantitative estimate of drug-likeness (QED) is 0.860. The SMILES string of the molecule is O=C(O)CN(Cc1ccc(Br)cc1)C1CCS(=O)(=O)C1. The van der Waals surface area contributed by atoms with Crippen LogP contribution in [0.1, 0.15) is 12.0 Å². The fraction of sp³-hybridized carbons (Fsp3) is 0.462. The topological polar surface area (TPSA) is 74.7 Å². The second kappa shape index (κ2) is 6.24. The van der Waals surface area contributed by atoms with Crippen molar-refractivity contribution in [2.45, 2.75) is 19.0 Å². The van der Waals surface area contributed by atoms with Gasteiger partial charge < -0.3 is 5.11 Å². The smallest absolute Gasteiger partial charge is 0.317 e. The first-order chi connectivity index (χ1) is 9.35. The van der Waals surface area contributed by atoms with Crippen molar-refractivity contribution in [3.8, 4) is 0 Å². The molecule has 2 rings (SSSR count). The van der Waals surface area contributed by atoms with Crippen LogP contribution in [0.5, 0.6) is 0 Å². The molecule has 1 aromatic rings. The molecule has 0 spiro atoms. The fourth-order valence-corrected chi connectivity index (χ4v) is 4.40. The van der Waals surface area contributed by atoms with Gasteiger partial charge in [-0.3, -0.25) is 9.69 Å². The minimum Gasteiger partial charge on any atom is -0.480 e. The van der Waals surface area contributed by atoms with E-state index in [9.17, 15) is 13.2 Å². The summed E-state index contributed by atoms with van der Waals surface area (Å²) in [7, 11) is -3.02. The van der Waals surface area contributed by atoms with E-state index in [1.807, 2.05) is 24.3 Å². The van der Waals surface area contributed by atoms with Crippen molar-refractivity contribution < 1.29 is 18.3 Å². The number of carboxylic acids is 1. The van der Waals surface area contributed by atoms with Crippen LogP contribution in [-0.4, -0.2) is 48.5 Å². The van der Waals surface area contributed by atoms with Crippen LogP contribution in [0.2, 0.25) is 0 Å². The predicted molar refractivity (Wildman–Crippen MR) is 79.2 cm³/mol. The summed E-state index contributed by atoms with van der Waals surface area (Å²) in [5.74, 6) is -0.739. The Labute approximate surface area is 126 Å².